The molecule has 78 valence electrons. The number of hydrogen-bond donors (Lipinski definition) is 0. The second kappa shape index (κ2) is 5.07. The van der Waals surface area contributed by atoms with E-state index in [1.165, 1.54) is 6.07 Å². The Kier molecular flexibility index (Phi) is 4.03. The average Bonchev–Trinajstić information content (AvgIpc) is 2.21. The highest BCUT2D eigenvalue weighted by Crippen LogP contribution is 2.18. The van der Waals surface area contributed by atoms with E-state index in [0.29, 0.717) is 0 Å². The molecule has 0 amide bonds. The third kappa shape index (κ3) is 2.65. The zero-order chi connectivity index (χ0) is 11.4. The van der Waals surface area contributed by atoms with E-state index in [-0.39, 0.29) is 21.3 Å². The lowest BCUT2D eigenvalue weighted by atomic mass is 10.1. The molecule has 0 spiro atoms. The molecule has 0 N–H and O–H groups in total. The first-order valence-electron chi connectivity index (χ1n) is 4.16. The maximum atomic E-state index is 13.1. The molecule has 1 rings (SSSR count). The Labute approximate surface area is 100.0 Å². The predicted molar refractivity (Wildman–Crippen MR) is 59.8 cm³/mol. The van der Waals surface area contributed by atoms with Crippen LogP contribution >= 0.6 is 22.6 Å². The van der Waals surface area contributed by atoms with Crippen molar-refractivity contribution in [2.75, 3.05) is 6.61 Å². The van der Waals surface area contributed by atoms with Crippen LogP contribution in [0.3, 0.4) is 0 Å². The summed E-state index contributed by atoms with van der Waals surface area (Å²) in [5.41, 5.74) is 0.0940. The van der Waals surface area contributed by atoms with Crippen LogP contribution in [0.5, 0.6) is 0 Å². The predicted octanol–water partition coefficient (Wildman–Crippen LogP) is 2.48. The summed E-state index contributed by atoms with van der Waals surface area (Å²) in [7, 11) is 0. The minimum absolute atomic E-state index is 0.00799. The van der Waals surface area contributed by atoms with Crippen LogP contribution in [0.25, 0.3) is 0 Å². The van der Waals surface area contributed by atoms with Gasteiger partial charge in [-0.2, -0.15) is 5.26 Å². The van der Waals surface area contributed by atoms with E-state index in [9.17, 15) is 9.18 Å². The third-order valence-electron chi connectivity index (χ3n) is 1.68. The van der Waals surface area contributed by atoms with Crippen LogP contribution < -0.4 is 0 Å². The van der Waals surface area contributed by atoms with E-state index < -0.39 is 11.8 Å². The van der Waals surface area contributed by atoms with Gasteiger partial charge in [0.2, 0.25) is 0 Å². The fourth-order valence-corrected chi connectivity index (χ4v) is 1.48. The number of rotatable bonds is 2. The van der Waals surface area contributed by atoms with Crippen LogP contribution in [-0.2, 0) is 4.74 Å². The molecule has 5 heteroatoms. The third-order valence-corrected chi connectivity index (χ3v) is 2.50. The van der Waals surface area contributed by atoms with Crippen molar-refractivity contribution in [1.29, 1.82) is 5.26 Å². The highest BCUT2D eigenvalue weighted by atomic mass is 127. The van der Waals surface area contributed by atoms with Crippen molar-refractivity contribution >= 4 is 28.6 Å². The monoisotopic (exact) mass is 319 g/mol. The van der Waals surface area contributed by atoms with Crippen molar-refractivity contribution in [2.45, 2.75) is 6.92 Å². The van der Waals surface area contributed by atoms with Crippen molar-refractivity contribution in [2.24, 2.45) is 0 Å². The molecule has 1 aromatic carbocycles. The maximum absolute atomic E-state index is 13.1. The Morgan fingerprint density at radius 2 is 2.33 bits per heavy atom. The van der Waals surface area contributed by atoms with Crippen LogP contribution in [0.15, 0.2) is 12.1 Å². The molecular weight excluding hydrogens is 312 g/mol. The molecule has 0 fully saturated rings. The van der Waals surface area contributed by atoms with Gasteiger partial charge in [-0.1, -0.05) is 0 Å². The first-order valence-corrected chi connectivity index (χ1v) is 5.24. The fraction of sp³-hybridized carbons (Fsp3) is 0.200. The highest BCUT2D eigenvalue weighted by molar-refractivity contribution is 14.1. The molecule has 0 saturated heterocycles. The minimum Gasteiger partial charge on any atom is -0.462 e. The van der Waals surface area contributed by atoms with Crippen LogP contribution in [0.4, 0.5) is 4.39 Å². The summed E-state index contributed by atoms with van der Waals surface area (Å²) >= 11 is 1.75. The summed E-state index contributed by atoms with van der Waals surface area (Å²) in [6.07, 6.45) is 0. The number of halogens is 2. The number of esters is 1. The van der Waals surface area contributed by atoms with Crippen LogP contribution in [0.2, 0.25) is 0 Å². The number of ether oxygens (including phenoxy) is 1. The standard InChI is InChI=1S/C10H7FINO2/c1-2-15-10(14)7-4-9(12)8(11)3-6(7)5-13/h3-4H,2H2,1H3. The molecule has 0 aromatic heterocycles. The van der Waals surface area contributed by atoms with E-state index >= 15 is 0 Å². The molecule has 0 aliphatic heterocycles. The Balaban J connectivity index is 3.23. The topological polar surface area (TPSA) is 50.1 Å². The largest absolute Gasteiger partial charge is 0.462 e. The number of carbonyl (C=O) groups is 1. The zero-order valence-corrected chi connectivity index (χ0v) is 10.0. The summed E-state index contributed by atoms with van der Waals surface area (Å²) < 4.78 is 18.1. The van der Waals surface area contributed by atoms with Gasteiger partial charge in [-0.25, -0.2) is 9.18 Å². The van der Waals surface area contributed by atoms with Gasteiger partial charge in [0, 0.05) is 3.57 Å². The number of hydrogen-bond acceptors (Lipinski definition) is 3. The molecule has 0 aliphatic carbocycles. The normalized spacial score (nSPS) is 9.47. The summed E-state index contributed by atoms with van der Waals surface area (Å²) in [5, 5.41) is 8.72. The smallest absolute Gasteiger partial charge is 0.339 e. The lowest BCUT2D eigenvalue weighted by Gasteiger charge is -2.04. The van der Waals surface area contributed by atoms with Crippen molar-refractivity contribution in [1.82, 2.24) is 0 Å². The van der Waals surface area contributed by atoms with E-state index in [4.69, 9.17) is 10.00 Å². The Bertz CT molecular complexity index is 440. The van der Waals surface area contributed by atoms with Crippen LogP contribution in [0.1, 0.15) is 22.8 Å². The average molecular weight is 319 g/mol. The second-order valence-corrected chi connectivity index (χ2v) is 3.81. The van der Waals surface area contributed by atoms with Gasteiger partial charge in [0.15, 0.2) is 0 Å². The summed E-state index contributed by atoms with van der Waals surface area (Å²) in [6, 6.07) is 4.11. The molecule has 3 nitrogen and oxygen atoms in total. The molecule has 0 atom stereocenters. The molecular formula is C10H7FINO2. The number of benzene rings is 1. The lowest BCUT2D eigenvalue weighted by Crippen LogP contribution is -2.08. The maximum Gasteiger partial charge on any atom is 0.339 e. The first-order chi connectivity index (χ1) is 7.10. The molecule has 0 aliphatic rings. The number of nitrogens with zero attached hydrogens (tertiary/aromatic N) is 1. The number of carbonyl (C=O) groups excluding carboxylic acids is 1. The van der Waals surface area contributed by atoms with Gasteiger partial charge in [-0.15, -0.1) is 0 Å². The molecule has 0 heterocycles. The summed E-state index contributed by atoms with van der Waals surface area (Å²) in [5.74, 6) is -1.12. The van der Waals surface area contributed by atoms with Gasteiger partial charge in [0.25, 0.3) is 0 Å². The van der Waals surface area contributed by atoms with Crippen molar-refractivity contribution < 1.29 is 13.9 Å². The van der Waals surface area contributed by atoms with Crippen molar-refractivity contribution in [3.8, 4) is 6.07 Å². The second-order valence-electron chi connectivity index (χ2n) is 2.64. The zero-order valence-electron chi connectivity index (χ0n) is 7.88. The van der Waals surface area contributed by atoms with Crippen molar-refractivity contribution in [3.63, 3.8) is 0 Å². The van der Waals surface area contributed by atoms with E-state index in [0.717, 1.165) is 6.07 Å². The van der Waals surface area contributed by atoms with Gasteiger partial charge in [-0.3, -0.25) is 0 Å². The minimum atomic E-state index is -0.605. The molecule has 0 bridgehead atoms. The van der Waals surface area contributed by atoms with E-state index in [1.54, 1.807) is 35.6 Å². The Hall–Kier alpha value is -1.16. The molecule has 0 saturated carbocycles. The molecule has 0 unspecified atom stereocenters. The molecule has 15 heavy (non-hydrogen) atoms. The summed E-state index contributed by atoms with van der Waals surface area (Å²) in [4.78, 5) is 11.4. The molecule has 1 aromatic rings. The van der Waals surface area contributed by atoms with Gasteiger partial charge in [0.05, 0.1) is 17.7 Å². The van der Waals surface area contributed by atoms with E-state index in [1.807, 2.05) is 0 Å². The van der Waals surface area contributed by atoms with Gasteiger partial charge < -0.3 is 4.74 Å². The summed E-state index contributed by atoms with van der Waals surface area (Å²) in [6.45, 7) is 1.89. The molecule has 0 radical (unpaired) electrons. The number of nitriles is 1. The quantitative estimate of drug-likeness (QED) is 0.622. The highest BCUT2D eigenvalue weighted by Gasteiger charge is 2.15. The van der Waals surface area contributed by atoms with E-state index in [2.05, 4.69) is 0 Å². The Morgan fingerprint density at radius 1 is 1.67 bits per heavy atom. The van der Waals surface area contributed by atoms with Crippen molar-refractivity contribution in [3.05, 3.63) is 32.6 Å². The van der Waals surface area contributed by atoms with Gasteiger partial charge in [0.1, 0.15) is 11.9 Å². The van der Waals surface area contributed by atoms with Gasteiger partial charge in [-0.05, 0) is 41.6 Å². The first kappa shape index (κ1) is 11.9. The van der Waals surface area contributed by atoms with Crippen LogP contribution in [0, 0.1) is 20.7 Å². The lowest BCUT2D eigenvalue weighted by molar-refractivity contribution is 0.0526. The Morgan fingerprint density at radius 3 is 2.87 bits per heavy atom. The SMILES string of the molecule is CCOC(=O)c1cc(I)c(F)cc1C#N. The van der Waals surface area contributed by atoms with Gasteiger partial charge >= 0.3 is 5.97 Å². The fourth-order valence-electron chi connectivity index (χ4n) is 1.02. The van der Waals surface area contributed by atoms with Crippen LogP contribution in [-0.4, -0.2) is 12.6 Å².